The Hall–Kier alpha value is -1.94. The SMILES string of the molecule is Cc1ccc(-c2nc3ccc(F)cc3s2)cc1O. The monoisotopic (exact) mass is 259 g/mol. The molecule has 90 valence electrons. The van der Waals surface area contributed by atoms with Crippen molar-refractivity contribution in [3.05, 3.63) is 47.8 Å². The van der Waals surface area contributed by atoms with Gasteiger partial charge in [0.05, 0.1) is 10.2 Å². The first-order valence-electron chi connectivity index (χ1n) is 5.49. The molecule has 1 aromatic heterocycles. The van der Waals surface area contributed by atoms with Crippen LogP contribution in [0.2, 0.25) is 0 Å². The zero-order valence-corrected chi connectivity index (χ0v) is 10.5. The van der Waals surface area contributed by atoms with Gasteiger partial charge in [-0.05, 0) is 36.8 Å². The van der Waals surface area contributed by atoms with E-state index in [0.29, 0.717) is 0 Å². The average molecular weight is 259 g/mol. The Kier molecular flexibility index (Phi) is 2.52. The number of aromatic nitrogens is 1. The van der Waals surface area contributed by atoms with Gasteiger partial charge in [-0.1, -0.05) is 12.1 Å². The smallest absolute Gasteiger partial charge is 0.124 e. The molecule has 0 bridgehead atoms. The topological polar surface area (TPSA) is 33.1 Å². The molecule has 0 aliphatic carbocycles. The molecule has 4 heteroatoms. The maximum Gasteiger partial charge on any atom is 0.124 e. The van der Waals surface area contributed by atoms with Crippen LogP contribution in [-0.4, -0.2) is 10.1 Å². The van der Waals surface area contributed by atoms with E-state index in [9.17, 15) is 9.50 Å². The van der Waals surface area contributed by atoms with E-state index in [1.54, 1.807) is 12.1 Å². The number of phenolic OH excluding ortho intramolecular Hbond substituents is 1. The first-order chi connectivity index (χ1) is 8.63. The Morgan fingerprint density at radius 1 is 1.17 bits per heavy atom. The molecule has 18 heavy (non-hydrogen) atoms. The van der Waals surface area contributed by atoms with Gasteiger partial charge in [0, 0.05) is 5.56 Å². The number of fused-ring (bicyclic) bond motifs is 1. The summed E-state index contributed by atoms with van der Waals surface area (Å²) in [6, 6.07) is 9.98. The van der Waals surface area contributed by atoms with E-state index in [4.69, 9.17) is 0 Å². The van der Waals surface area contributed by atoms with Crippen molar-refractivity contribution in [1.82, 2.24) is 4.98 Å². The summed E-state index contributed by atoms with van der Waals surface area (Å²) in [5.41, 5.74) is 2.45. The summed E-state index contributed by atoms with van der Waals surface area (Å²) < 4.78 is 13.9. The number of benzene rings is 2. The number of phenols is 1. The summed E-state index contributed by atoms with van der Waals surface area (Å²) in [6.45, 7) is 1.84. The first kappa shape index (κ1) is 11.2. The van der Waals surface area contributed by atoms with Crippen LogP contribution < -0.4 is 0 Å². The van der Waals surface area contributed by atoms with E-state index in [0.717, 1.165) is 26.4 Å². The molecule has 0 fully saturated rings. The Bertz CT molecular complexity index is 736. The van der Waals surface area contributed by atoms with Crippen LogP contribution in [0.15, 0.2) is 36.4 Å². The van der Waals surface area contributed by atoms with Gasteiger partial charge in [0.2, 0.25) is 0 Å². The zero-order chi connectivity index (χ0) is 12.7. The van der Waals surface area contributed by atoms with Crippen LogP contribution >= 0.6 is 11.3 Å². The molecule has 0 saturated heterocycles. The van der Waals surface area contributed by atoms with E-state index in [1.807, 2.05) is 19.1 Å². The van der Waals surface area contributed by atoms with Crippen molar-refractivity contribution >= 4 is 21.6 Å². The number of halogens is 1. The van der Waals surface area contributed by atoms with E-state index in [2.05, 4.69) is 4.98 Å². The van der Waals surface area contributed by atoms with E-state index in [-0.39, 0.29) is 11.6 Å². The standard InChI is InChI=1S/C14H10FNOS/c1-8-2-3-9(6-12(8)17)14-16-11-5-4-10(15)7-13(11)18-14/h2-7,17H,1H3. The van der Waals surface area contributed by atoms with Crippen LogP contribution in [0.1, 0.15) is 5.56 Å². The highest BCUT2D eigenvalue weighted by Crippen LogP contribution is 2.32. The van der Waals surface area contributed by atoms with Gasteiger partial charge in [-0.25, -0.2) is 9.37 Å². The lowest BCUT2D eigenvalue weighted by Crippen LogP contribution is -1.78. The number of hydrogen-bond donors (Lipinski definition) is 1. The van der Waals surface area contributed by atoms with Gasteiger partial charge >= 0.3 is 0 Å². The van der Waals surface area contributed by atoms with Crippen molar-refractivity contribution in [2.24, 2.45) is 0 Å². The molecule has 2 nitrogen and oxygen atoms in total. The second-order valence-electron chi connectivity index (χ2n) is 4.13. The number of thiazole rings is 1. The summed E-state index contributed by atoms with van der Waals surface area (Å²) >= 11 is 1.42. The summed E-state index contributed by atoms with van der Waals surface area (Å²) in [7, 11) is 0. The average Bonchev–Trinajstić information content (AvgIpc) is 2.75. The lowest BCUT2D eigenvalue weighted by Gasteiger charge is -2.00. The van der Waals surface area contributed by atoms with Crippen LogP contribution in [0.3, 0.4) is 0 Å². The second kappa shape index (κ2) is 4.07. The molecule has 0 spiro atoms. The molecular weight excluding hydrogens is 249 g/mol. The van der Waals surface area contributed by atoms with Crippen molar-refractivity contribution < 1.29 is 9.50 Å². The van der Waals surface area contributed by atoms with Crippen molar-refractivity contribution in [3.8, 4) is 16.3 Å². The molecular formula is C14H10FNOS. The molecule has 0 radical (unpaired) electrons. The summed E-state index contributed by atoms with van der Waals surface area (Å²) in [4.78, 5) is 4.44. The lowest BCUT2D eigenvalue weighted by atomic mass is 10.1. The third-order valence-electron chi connectivity index (χ3n) is 2.81. The second-order valence-corrected chi connectivity index (χ2v) is 5.16. The predicted octanol–water partition coefficient (Wildman–Crippen LogP) is 4.12. The van der Waals surface area contributed by atoms with Crippen LogP contribution in [0.25, 0.3) is 20.8 Å². The highest BCUT2D eigenvalue weighted by atomic mass is 32.1. The number of rotatable bonds is 1. The molecule has 1 heterocycles. The van der Waals surface area contributed by atoms with E-state index in [1.165, 1.54) is 23.5 Å². The third-order valence-corrected chi connectivity index (χ3v) is 3.87. The van der Waals surface area contributed by atoms with Crippen LogP contribution in [0.5, 0.6) is 5.75 Å². The molecule has 3 aromatic rings. The summed E-state index contributed by atoms with van der Waals surface area (Å²) in [5, 5.41) is 10.5. The van der Waals surface area contributed by atoms with E-state index < -0.39 is 0 Å². The molecule has 0 saturated carbocycles. The lowest BCUT2D eigenvalue weighted by molar-refractivity contribution is 0.471. The molecule has 0 aliphatic heterocycles. The fourth-order valence-corrected chi connectivity index (χ4v) is 2.75. The fraction of sp³-hybridized carbons (Fsp3) is 0.0714. The maximum atomic E-state index is 13.1. The van der Waals surface area contributed by atoms with Crippen molar-refractivity contribution in [2.75, 3.05) is 0 Å². The number of aromatic hydroxyl groups is 1. The molecule has 0 amide bonds. The van der Waals surface area contributed by atoms with Gasteiger partial charge in [-0.3, -0.25) is 0 Å². The van der Waals surface area contributed by atoms with Gasteiger partial charge in [0.15, 0.2) is 0 Å². The van der Waals surface area contributed by atoms with Crippen LogP contribution in [0.4, 0.5) is 4.39 Å². The number of hydrogen-bond acceptors (Lipinski definition) is 3. The molecule has 0 unspecified atom stereocenters. The van der Waals surface area contributed by atoms with Crippen molar-refractivity contribution in [1.29, 1.82) is 0 Å². The van der Waals surface area contributed by atoms with Crippen LogP contribution in [-0.2, 0) is 0 Å². The minimum absolute atomic E-state index is 0.248. The highest BCUT2D eigenvalue weighted by Gasteiger charge is 2.08. The van der Waals surface area contributed by atoms with Crippen LogP contribution in [0, 0.1) is 12.7 Å². The maximum absolute atomic E-state index is 13.1. The van der Waals surface area contributed by atoms with Gasteiger partial charge in [-0.2, -0.15) is 0 Å². The normalized spacial score (nSPS) is 11.0. The molecule has 3 rings (SSSR count). The van der Waals surface area contributed by atoms with Gasteiger partial charge in [0.1, 0.15) is 16.6 Å². The molecule has 0 atom stereocenters. The zero-order valence-electron chi connectivity index (χ0n) is 9.64. The number of nitrogens with zero attached hydrogens (tertiary/aromatic N) is 1. The summed E-state index contributed by atoms with van der Waals surface area (Å²) in [5.74, 6) is -0.0117. The van der Waals surface area contributed by atoms with Gasteiger partial charge in [-0.15, -0.1) is 11.3 Å². The molecule has 2 aromatic carbocycles. The third kappa shape index (κ3) is 1.84. The van der Waals surface area contributed by atoms with Gasteiger partial charge < -0.3 is 5.11 Å². The molecule has 1 N–H and O–H groups in total. The Morgan fingerprint density at radius 2 is 2.00 bits per heavy atom. The molecule has 0 aliphatic rings. The Labute approximate surface area is 107 Å². The van der Waals surface area contributed by atoms with Gasteiger partial charge in [0.25, 0.3) is 0 Å². The summed E-state index contributed by atoms with van der Waals surface area (Å²) in [6.07, 6.45) is 0. The van der Waals surface area contributed by atoms with Crippen molar-refractivity contribution in [2.45, 2.75) is 6.92 Å². The predicted molar refractivity (Wildman–Crippen MR) is 71.4 cm³/mol. The quantitative estimate of drug-likeness (QED) is 0.713. The van der Waals surface area contributed by atoms with Crippen molar-refractivity contribution in [3.63, 3.8) is 0 Å². The Balaban J connectivity index is 2.16. The first-order valence-corrected chi connectivity index (χ1v) is 6.31. The minimum Gasteiger partial charge on any atom is -0.508 e. The fourth-order valence-electron chi connectivity index (χ4n) is 1.76. The highest BCUT2D eigenvalue weighted by molar-refractivity contribution is 7.21. The Morgan fingerprint density at radius 3 is 2.78 bits per heavy atom. The largest absolute Gasteiger partial charge is 0.508 e. The number of aryl methyl sites for hydroxylation is 1. The minimum atomic E-state index is -0.260. The van der Waals surface area contributed by atoms with E-state index >= 15 is 0 Å².